The summed E-state index contributed by atoms with van der Waals surface area (Å²) < 4.78 is 2.03. The highest BCUT2D eigenvalue weighted by molar-refractivity contribution is 7.15. The van der Waals surface area contributed by atoms with E-state index in [1.165, 1.54) is 11.3 Å². The SMILES string of the molecule is Cn1ccnc1CN1CCc2nc(NC(=O)c3cccc4[nH]c(NC(=O)c5cc6ccccc6cn5)nc34)sc2C1. The Bertz CT molecular complexity index is 1940. The maximum absolute atomic E-state index is 13.3. The molecular formula is C29H25N9O2S. The van der Waals surface area contributed by atoms with Crippen molar-refractivity contribution in [1.29, 1.82) is 0 Å². The van der Waals surface area contributed by atoms with Crippen molar-refractivity contribution in [1.82, 2.24) is 34.4 Å². The first-order valence-electron chi connectivity index (χ1n) is 13.1. The number of rotatable bonds is 6. The van der Waals surface area contributed by atoms with Crippen molar-refractivity contribution < 1.29 is 9.59 Å². The van der Waals surface area contributed by atoms with E-state index in [0.717, 1.165) is 53.2 Å². The molecule has 0 saturated carbocycles. The molecule has 11 nitrogen and oxygen atoms in total. The molecule has 0 bridgehead atoms. The van der Waals surface area contributed by atoms with E-state index in [1.807, 2.05) is 48.3 Å². The second-order valence-corrected chi connectivity index (χ2v) is 11.0. The van der Waals surface area contributed by atoms with Crippen LogP contribution < -0.4 is 10.6 Å². The number of aromatic nitrogens is 6. The van der Waals surface area contributed by atoms with Crippen molar-refractivity contribution in [3.8, 4) is 0 Å². The molecule has 0 unspecified atom stereocenters. The molecule has 6 aromatic rings. The Morgan fingerprint density at radius 2 is 1.90 bits per heavy atom. The second-order valence-electron chi connectivity index (χ2n) is 9.92. The molecule has 0 aliphatic carbocycles. The van der Waals surface area contributed by atoms with Gasteiger partial charge in [-0.05, 0) is 23.6 Å². The molecule has 0 fully saturated rings. The van der Waals surface area contributed by atoms with Crippen LogP contribution in [0.3, 0.4) is 0 Å². The molecule has 1 aliphatic heterocycles. The Morgan fingerprint density at radius 1 is 1.02 bits per heavy atom. The highest BCUT2D eigenvalue weighted by Crippen LogP contribution is 2.30. The van der Waals surface area contributed by atoms with E-state index in [9.17, 15) is 9.59 Å². The average Bonchev–Trinajstić information content (AvgIpc) is 3.70. The van der Waals surface area contributed by atoms with Crippen LogP contribution in [0.2, 0.25) is 0 Å². The summed E-state index contributed by atoms with van der Waals surface area (Å²) in [7, 11) is 2.00. The van der Waals surface area contributed by atoms with Gasteiger partial charge in [0.15, 0.2) is 5.13 Å². The zero-order valence-corrected chi connectivity index (χ0v) is 22.9. The number of imidazole rings is 2. The molecule has 0 atom stereocenters. The van der Waals surface area contributed by atoms with Crippen LogP contribution in [-0.4, -0.2) is 52.7 Å². The van der Waals surface area contributed by atoms with Gasteiger partial charge in [0, 0.05) is 55.4 Å². The number of nitrogens with zero attached hydrogens (tertiary/aromatic N) is 6. The van der Waals surface area contributed by atoms with E-state index in [4.69, 9.17) is 4.98 Å². The smallest absolute Gasteiger partial charge is 0.276 e. The Hall–Kier alpha value is -4.94. The summed E-state index contributed by atoms with van der Waals surface area (Å²) in [5.41, 5.74) is 2.75. The van der Waals surface area contributed by atoms with Gasteiger partial charge in [-0.3, -0.25) is 30.1 Å². The van der Waals surface area contributed by atoms with Crippen LogP contribution in [-0.2, 0) is 26.6 Å². The van der Waals surface area contributed by atoms with Crippen LogP contribution in [0.1, 0.15) is 37.2 Å². The molecule has 5 heterocycles. The zero-order valence-electron chi connectivity index (χ0n) is 22.1. The van der Waals surface area contributed by atoms with Crippen molar-refractivity contribution in [2.75, 3.05) is 17.2 Å². The Balaban J connectivity index is 1.06. The predicted molar refractivity (Wildman–Crippen MR) is 157 cm³/mol. The molecule has 7 rings (SSSR count). The fraction of sp³-hybridized carbons (Fsp3) is 0.172. The zero-order chi connectivity index (χ0) is 27.9. The second kappa shape index (κ2) is 10.2. The van der Waals surface area contributed by atoms with Gasteiger partial charge in [-0.2, -0.15) is 0 Å². The minimum absolute atomic E-state index is 0.234. The normalized spacial score (nSPS) is 13.4. The van der Waals surface area contributed by atoms with Gasteiger partial charge in [0.05, 0.1) is 23.3 Å². The predicted octanol–water partition coefficient (Wildman–Crippen LogP) is 4.36. The summed E-state index contributed by atoms with van der Waals surface area (Å²) in [6, 6.07) is 14.7. The summed E-state index contributed by atoms with van der Waals surface area (Å²) in [5, 5.41) is 8.14. The molecule has 0 radical (unpaired) electrons. The molecule has 12 heteroatoms. The van der Waals surface area contributed by atoms with E-state index < -0.39 is 5.91 Å². The molecular weight excluding hydrogens is 538 g/mol. The molecule has 0 saturated heterocycles. The number of H-pyrrole nitrogens is 1. The molecule has 4 aromatic heterocycles. The van der Waals surface area contributed by atoms with Crippen LogP contribution in [0.15, 0.2) is 67.1 Å². The lowest BCUT2D eigenvalue weighted by molar-refractivity contribution is 0.101. The van der Waals surface area contributed by atoms with E-state index in [1.54, 1.807) is 30.5 Å². The Labute approximate surface area is 238 Å². The molecule has 0 spiro atoms. The first kappa shape index (κ1) is 25.1. The third-order valence-corrected chi connectivity index (χ3v) is 8.17. The highest BCUT2D eigenvalue weighted by atomic mass is 32.1. The molecule has 3 N–H and O–H groups in total. The minimum atomic E-state index is -0.397. The average molecular weight is 564 g/mol. The van der Waals surface area contributed by atoms with Crippen LogP contribution in [0.5, 0.6) is 0 Å². The van der Waals surface area contributed by atoms with Gasteiger partial charge < -0.3 is 9.55 Å². The van der Waals surface area contributed by atoms with Crippen molar-refractivity contribution in [2.24, 2.45) is 7.05 Å². The standard InChI is InChI=1S/C29H25N9O2S/c1-37-12-10-30-24(37)16-38-11-9-20-23(15-38)41-29(33-20)36-26(39)19-7-4-8-21-25(19)34-28(32-21)35-27(40)22-13-17-5-2-3-6-18(17)14-31-22/h2-8,10,12-14H,9,11,15-16H2,1H3,(H,33,36,39)(H2,32,34,35,40). The van der Waals surface area contributed by atoms with Crippen molar-refractivity contribution >= 4 is 56.0 Å². The molecule has 1 aliphatic rings. The lowest BCUT2D eigenvalue weighted by atomic mass is 10.1. The first-order chi connectivity index (χ1) is 20.0. The Morgan fingerprint density at radius 3 is 2.76 bits per heavy atom. The monoisotopic (exact) mass is 563 g/mol. The number of benzene rings is 2. The largest absolute Gasteiger partial charge is 0.337 e. The number of fused-ring (bicyclic) bond motifs is 3. The topological polar surface area (TPSA) is 134 Å². The van der Waals surface area contributed by atoms with Crippen LogP contribution in [0, 0.1) is 0 Å². The number of carbonyl (C=O) groups excluding carboxylic acids is 2. The van der Waals surface area contributed by atoms with Gasteiger partial charge in [-0.1, -0.05) is 30.3 Å². The fourth-order valence-corrected chi connectivity index (χ4v) is 6.05. The molecule has 2 amide bonds. The number of nitrogens with one attached hydrogen (secondary N) is 3. The van der Waals surface area contributed by atoms with Gasteiger partial charge in [0.25, 0.3) is 11.8 Å². The van der Waals surface area contributed by atoms with E-state index in [0.29, 0.717) is 21.7 Å². The number of carbonyl (C=O) groups is 2. The minimum Gasteiger partial charge on any atom is -0.337 e. The summed E-state index contributed by atoms with van der Waals surface area (Å²) >= 11 is 1.49. The van der Waals surface area contributed by atoms with E-state index >= 15 is 0 Å². The number of amides is 2. The van der Waals surface area contributed by atoms with Gasteiger partial charge in [-0.25, -0.2) is 15.0 Å². The van der Waals surface area contributed by atoms with Gasteiger partial charge in [0.2, 0.25) is 5.95 Å². The number of pyridine rings is 1. The third-order valence-electron chi connectivity index (χ3n) is 7.17. The number of aryl methyl sites for hydroxylation is 1. The summed E-state index contributed by atoms with van der Waals surface area (Å²) in [4.78, 5) is 50.7. The first-order valence-corrected chi connectivity index (χ1v) is 14.0. The van der Waals surface area contributed by atoms with Gasteiger partial charge in [0.1, 0.15) is 17.0 Å². The lowest BCUT2D eigenvalue weighted by Gasteiger charge is -2.25. The van der Waals surface area contributed by atoms with E-state index in [2.05, 4.69) is 35.5 Å². The van der Waals surface area contributed by atoms with Crippen molar-refractivity contribution in [3.05, 3.63) is 94.8 Å². The maximum atomic E-state index is 13.3. The number of hydrogen-bond donors (Lipinski definition) is 3. The lowest BCUT2D eigenvalue weighted by Crippen LogP contribution is -2.30. The molecule has 41 heavy (non-hydrogen) atoms. The van der Waals surface area contributed by atoms with E-state index in [-0.39, 0.29) is 17.5 Å². The molecule has 204 valence electrons. The van der Waals surface area contributed by atoms with Crippen LogP contribution in [0.4, 0.5) is 11.1 Å². The van der Waals surface area contributed by atoms with Gasteiger partial charge >= 0.3 is 0 Å². The summed E-state index contributed by atoms with van der Waals surface area (Å²) in [6.45, 7) is 2.41. The maximum Gasteiger partial charge on any atom is 0.276 e. The summed E-state index contributed by atoms with van der Waals surface area (Å²) in [5.74, 6) is 0.540. The van der Waals surface area contributed by atoms with Crippen LogP contribution in [0.25, 0.3) is 21.8 Å². The Kier molecular flexibility index (Phi) is 6.25. The summed E-state index contributed by atoms with van der Waals surface area (Å²) in [6.07, 6.45) is 6.24. The number of anilines is 2. The fourth-order valence-electron chi connectivity index (χ4n) is 5.00. The number of aromatic amines is 1. The molecule has 2 aromatic carbocycles. The third kappa shape index (κ3) is 4.94. The quantitative estimate of drug-likeness (QED) is 0.274. The highest BCUT2D eigenvalue weighted by Gasteiger charge is 2.23. The van der Waals surface area contributed by atoms with Crippen molar-refractivity contribution in [3.63, 3.8) is 0 Å². The van der Waals surface area contributed by atoms with Gasteiger partial charge in [-0.15, -0.1) is 11.3 Å². The van der Waals surface area contributed by atoms with Crippen molar-refractivity contribution in [2.45, 2.75) is 19.5 Å². The number of hydrogen-bond acceptors (Lipinski definition) is 8. The van der Waals surface area contributed by atoms with Crippen LogP contribution >= 0.6 is 11.3 Å². The number of thiazole rings is 1. The number of para-hydroxylation sites is 1.